The number of carbonyl (C=O) groups is 1. The third-order valence-corrected chi connectivity index (χ3v) is 6.81. The Morgan fingerprint density at radius 3 is 2.78 bits per heavy atom. The SMILES string of the molecule is COc1ccc(OCCN)cc1-c1cc2nccc(-c3cccc(C(=O)NC4CCCCC4N)c3)c2o1. The molecular weight excluding hydrogens is 468 g/mol. The van der Waals surface area contributed by atoms with Crippen LogP contribution in [0.2, 0.25) is 0 Å². The third kappa shape index (κ3) is 5.30. The number of amides is 1. The van der Waals surface area contributed by atoms with E-state index in [0.717, 1.165) is 42.4 Å². The van der Waals surface area contributed by atoms with Crippen LogP contribution in [0.5, 0.6) is 11.5 Å². The molecule has 37 heavy (non-hydrogen) atoms. The zero-order chi connectivity index (χ0) is 25.8. The van der Waals surface area contributed by atoms with Crippen LogP contribution in [-0.4, -0.2) is 43.2 Å². The first-order valence-corrected chi connectivity index (χ1v) is 12.6. The summed E-state index contributed by atoms with van der Waals surface area (Å²) in [5, 5.41) is 3.13. The summed E-state index contributed by atoms with van der Waals surface area (Å²) >= 11 is 0. The van der Waals surface area contributed by atoms with Crippen LogP contribution in [0.4, 0.5) is 0 Å². The number of furan rings is 1. The van der Waals surface area contributed by atoms with E-state index in [1.54, 1.807) is 13.3 Å². The minimum atomic E-state index is -0.117. The highest BCUT2D eigenvalue weighted by atomic mass is 16.5. The lowest BCUT2D eigenvalue weighted by Crippen LogP contribution is -2.49. The fourth-order valence-electron chi connectivity index (χ4n) is 4.86. The second kappa shape index (κ2) is 11.0. The normalized spacial score (nSPS) is 17.5. The number of ether oxygens (including phenoxy) is 2. The van der Waals surface area contributed by atoms with Crippen LogP contribution in [0.15, 0.2) is 65.2 Å². The molecule has 192 valence electrons. The average molecular weight is 501 g/mol. The van der Waals surface area contributed by atoms with Crippen molar-refractivity contribution in [2.24, 2.45) is 11.5 Å². The molecule has 2 aromatic heterocycles. The summed E-state index contributed by atoms with van der Waals surface area (Å²) in [5.41, 5.74) is 16.2. The summed E-state index contributed by atoms with van der Waals surface area (Å²) < 4.78 is 17.6. The van der Waals surface area contributed by atoms with Crippen molar-refractivity contribution in [3.63, 3.8) is 0 Å². The molecule has 1 aliphatic carbocycles. The van der Waals surface area contributed by atoms with E-state index in [1.807, 2.05) is 54.6 Å². The molecule has 1 aliphatic rings. The Balaban J connectivity index is 1.47. The number of hydrogen-bond donors (Lipinski definition) is 3. The van der Waals surface area contributed by atoms with E-state index in [9.17, 15) is 4.79 Å². The van der Waals surface area contributed by atoms with Gasteiger partial charge in [0.15, 0.2) is 5.58 Å². The molecule has 0 spiro atoms. The fraction of sp³-hybridized carbons (Fsp3) is 0.310. The van der Waals surface area contributed by atoms with Gasteiger partial charge in [-0.2, -0.15) is 0 Å². The van der Waals surface area contributed by atoms with Gasteiger partial charge in [-0.3, -0.25) is 9.78 Å². The molecule has 5 N–H and O–H groups in total. The van der Waals surface area contributed by atoms with Gasteiger partial charge in [-0.05, 0) is 54.8 Å². The summed E-state index contributed by atoms with van der Waals surface area (Å²) in [5.74, 6) is 1.81. The number of nitrogens with zero attached hydrogens (tertiary/aromatic N) is 1. The Morgan fingerprint density at radius 2 is 1.97 bits per heavy atom. The van der Waals surface area contributed by atoms with Gasteiger partial charge in [0, 0.05) is 42.0 Å². The lowest BCUT2D eigenvalue weighted by Gasteiger charge is -2.29. The quantitative estimate of drug-likeness (QED) is 0.325. The number of benzene rings is 2. The lowest BCUT2D eigenvalue weighted by molar-refractivity contribution is 0.0921. The van der Waals surface area contributed by atoms with Gasteiger partial charge in [0.2, 0.25) is 0 Å². The predicted molar refractivity (Wildman–Crippen MR) is 144 cm³/mol. The number of nitrogens with two attached hydrogens (primary N) is 2. The maximum Gasteiger partial charge on any atom is 0.251 e. The van der Waals surface area contributed by atoms with Crippen LogP contribution in [-0.2, 0) is 0 Å². The van der Waals surface area contributed by atoms with Crippen molar-refractivity contribution in [2.45, 2.75) is 37.8 Å². The summed E-state index contributed by atoms with van der Waals surface area (Å²) in [7, 11) is 1.61. The molecule has 1 saturated carbocycles. The number of nitrogens with one attached hydrogen (secondary N) is 1. The highest BCUT2D eigenvalue weighted by Gasteiger charge is 2.24. The number of aromatic nitrogens is 1. The topological polar surface area (TPSA) is 126 Å². The molecule has 2 atom stereocenters. The van der Waals surface area contributed by atoms with Gasteiger partial charge in [0.25, 0.3) is 5.91 Å². The lowest BCUT2D eigenvalue weighted by atomic mass is 9.91. The van der Waals surface area contributed by atoms with E-state index < -0.39 is 0 Å². The van der Waals surface area contributed by atoms with Gasteiger partial charge in [-0.1, -0.05) is 25.0 Å². The first kappa shape index (κ1) is 24.8. The van der Waals surface area contributed by atoms with Gasteiger partial charge in [-0.25, -0.2) is 0 Å². The number of pyridine rings is 1. The molecule has 2 aromatic carbocycles. The third-order valence-electron chi connectivity index (χ3n) is 6.81. The van der Waals surface area contributed by atoms with Crippen LogP contribution in [0.25, 0.3) is 33.6 Å². The highest BCUT2D eigenvalue weighted by molar-refractivity contribution is 5.98. The van der Waals surface area contributed by atoms with E-state index in [2.05, 4.69) is 10.3 Å². The standard InChI is InChI=1S/C29H32N4O4/c1-35-26-10-9-20(36-14-12-30)16-22(26)27-17-25-28(37-27)21(11-13-32-25)18-5-4-6-19(15-18)29(34)33-24-8-3-2-7-23(24)31/h4-6,9-11,13,15-17,23-24H,2-3,7-8,12,14,30-31H2,1H3,(H,33,34). The molecule has 2 unspecified atom stereocenters. The van der Waals surface area contributed by atoms with E-state index >= 15 is 0 Å². The number of fused-ring (bicyclic) bond motifs is 1. The maximum atomic E-state index is 13.0. The van der Waals surface area contributed by atoms with Gasteiger partial charge >= 0.3 is 0 Å². The van der Waals surface area contributed by atoms with Crippen LogP contribution in [0.3, 0.4) is 0 Å². The highest BCUT2D eigenvalue weighted by Crippen LogP contribution is 2.39. The first-order valence-electron chi connectivity index (χ1n) is 12.6. The van der Waals surface area contributed by atoms with Crippen molar-refractivity contribution in [3.05, 3.63) is 66.4 Å². The fourth-order valence-corrected chi connectivity index (χ4v) is 4.86. The Morgan fingerprint density at radius 1 is 1.11 bits per heavy atom. The van der Waals surface area contributed by atoms with E-state index in [0.29, 0.717) is 47.1 Å². The predicted octanol–water partition coefficient (Wildman–Crippen LogP) is 4.51. The molecule has 0 radical (unpaired) electrons. The van der Waals surface area contributed by atoms with Crippen molar-refractivity contribution in [3.8, 4) is 33.9 Å². The molecular formula is C29H32N4O4. The second-order valence-corrected chi connectivity index (χ2v) is 9.29. The molecule has 8 heteroatoms. The minimum Gasteiger partial charge on any atom is -0.496 e. The van der Waals surface area contributed by atoms with E-state index in [4.69, 9.17) is 25.4 Å². The number of methoxy groups -OCH3 is 1. The molecule has 1 amide bonds. The van der Waals surface area contributed by atoms with Crippen LogP contribution >= 0.6 is 0 Å². The molecule has 0 aliphatic heterocycles. The zero-order valence-electron chi connectivity index (χ0n) is 20.9. The van der Waals surface area contributed by atoms with Gasteiger partial charge < -0.3 is 30.7 Å². The molecule has 1 fully saturated rings. The van der Waals surface area contributed by atoms with Crippen molar-refractivity contribution >= 4 is 17.0 Å². The molecule has 4 aromatic rings. The summed E-state index contributed by atoms with van der Waals surface area (Å²) in [6.07, 6.45) is 5.79. The average Bonchev–Trinajstić information content (AvgIpc) is 3.37. The molecule has 5 rings (SSSR count). The smallest absolute Gasteiger partial charge is 0.251 e. The molecule has 0 saturated heterocycles. The molecule has 8 nitrogen and oxygen atoms in total. The van der Waals surface area contributed by atoms with Gasteiger partial charge in [0.05, 0.1) is 12.7 Å². The van der Waals surface area contributed by atoms with Crippen molar-refractivity contribution in [2.75, 3.05) is 20.3 Å². The largest absolute Gasteiger partial charge is 0.496 e. The monoisotopic (exact) mass is 500 g/mol. The van der Waals surface area contributed by atoms with Crippen molar-refractivity contribution in [1.82, 2.24) is 10.3 Å². The van der Waals surface area contributed by atoms with Gasteiger partial charge in [-0.15, -0.1) is 0 Å². The van der Waals surface area contributed by atoms with Crippen molar-refractivity contribution < 1.29 is 18.7 Å². The summed E-state index contributed by atoms with van der Waals surface area (Å²) in [4.78, 5) is 17.5. The van der Waals surface area contributed by atoms with Crippen LogP contribution in [0.1, 0.15) is 36.0 Å². The van der Waals surface area contributed by atoms with Crippen LogP contribution in [0, 0.1) is 0 Å². The zero-order valence-corrected chi connectivity index (χ0v) is 20.9. The Labute approximate surface area is 216 Å². The van der Waals surface area contributed by atoms with Gasteiger partial charge in [0.1, 0.15) is 29.4 Å². The Bertz CT molecular complexity index is 1400. The number of carbonyl (C=O) groups excluding carboxylic acids is 1. The molecule has 2 heterocycles. The summed E-state index contributed by atoms with van der Waals surface area (Å²) in [6.45, 7) is 0.831. The number of hydrogen-bond acceptors (Lipinski definition) is 7. The number of rotatable bonds is 8. The Hall–Kier alpha value is -3.88. The minimum absolute atomic E-state index is 0.00144. The maximum absolute atomic E-state index is 13.0. The summed E-state index contributed by atoms with van der Waals surface area (Å²) in [6, 6.07) is 16.8. The van der Waals surface area contributed by atoms with E-state index in [-0.39, 0.29) is 18.0 Å². The van der Waals surface area contributed by atoms with E-state index in [1.165, 1.54) is 0 Å². The first-order chi connectivity index (χ1) is 18.1. The molecule has 0 bridgehead atoms. The van der Waals surface area contributed by atoms with Crippen molar-refractivity contribution in [1.29, 1.82) is 0 Å². The Kier molecular flexibility index (Phi) is 7.39. The second-order valence-electron chi connectivity index (χ2n) is 9.29. The van der Waals surface area contributed by atoms with Crippen LogP contribution < -0.4 is 26.3 Å².